The molecule has 0 saturated heterocycles. The quantitative estimate of drug-likeness (QED) is 0.731. The van der Waals surface area contributed by atoms with Crippen LogP contribution in [-0.4, -0.2) is 23.0 Å². The molecular weight excluding hydrogens is 288 g/mol. The van der Waals surface area contributed by atoms with Crippen LogP contribution in [-0.2, 0) is 13.0 Å². The smallest absolute Gasteiger partial charge is 0.0972 e. The first-order valence-corrected chi connectivity index (χ1v) is 9.36. The van der Waals surface area contributed by atoms with Gasteiger partial charge in [-0.25, -0.2) is 4.98 Å². The average Bonchev–Trinajstić information content (AvgIpc) is 2.80. The molecule has 1 fully saturated rings. The summed E-state index contributed by atoms with van der Waals surface area (Å²) in [6, 6.07) is 11.4. The third kappa shape index (κ3) is 4.40. The van der Waals surface area contributed by atoms with Crippen molar-refractivity contribution in [2.75, 3.05) is 7.05 Å². The van der Waals surface area contributed by atoms with Crippen LogP contribution in [0.15, 0.2) is 35.7 Å². The third-order valence-corrected chi connectivity index (χ3v) is 5.55. The van der Waals surface area contributed by atoms with Gasteiger partial charge in [-0.05, 0) is 25.5 Å². The molecule has 1 aliphatic rings. The molecule has 1 aromatic carbocycles. The van der Waals surface area contributed by atoms with Gasteiger partial charge in [-0.15, -0.1) is 11.3 Å². The summed E-state index contributed by atoms with van der Waals surface area (Å²) in [4.78, 5) is 7.36. The van der Waals surface area contributed by atoms with Gasteiger partial charge in [0.05, 0.1) is 10.7 Å². The van der Waals surface area contributed by atoms with Gasteiger partial charge in [0.2, 0.25) is 0 Å². The first kappa shape index (κ1) is 15.7. The maximum absolute atomic E-state index is 4.84. The molecular formula is C19H26N2S. The summed E-state index contributed by atoms with van der Waals surface area (Å²) in [6.07, 6.45) is 9.30. The molecule has 0 bridgehead atoms. The summed E-state index contributed by atoms with van der Waals surface area (Å²) in [5.41, 5.74) is 2.59. The Bertz CT molecular complexity index is 556. The van der Waals surface area contributed by atoms with Gasteiger partial charge < -0.3 is 0 Å². The summed E-state index contributed by atoms with van der Waals surface area (Å²) < 4.78 is 0. The molecule has 0 N–H and O–H groups in total. The number of rotatable bonds is 5. The predicted octanol–water partition coefficient (Wildman–Crippen LogP) is 4.89. The first-order chi connectivity index (χ1) is 10.8. The number of aromatic nitrogens is 1. The van der Waals surface area contributed by atoms with Crippen molar-refractivity contribution in [1.82, 2.24) is 9.88 Å². The predicted molar refractivity (Wildman–Crippen MR) is 94.3 cm³/mol. The lowest BCUT2D eigenvalue weighted by atomic mass is 10.1. The van der Waals surface area contributed by atoms with Crippen molar-refractivity contribution in [3.05, 3.63) is 52.0 Å². The fraction of sp³-hybridized carbons (Fsp3) is 0.526. The lowest BCUT2D eigenvalue weighted by molar-refractivity contribution is 0.211. The van der Waals surface area contributed by atoms with E-state index in [1.807, 2.05) is 0 Å². The molecule has 0 radical (unpaired) electrons. The fourth-order valence-corrected chi connectivity index (χ4v) is 4.18. The third-order valence-electron chi connectivity index (χ3n) is 4.66. The molecule has 0 spiro atoms. The van der Waals surface area contributed by atoms with E-state index in [1.54, 1.807) is 11.3 Å². The van der Waals surface area contributed by atoms with Gasteiger partial charge >= 0.3 is 0 Å². The zero-order valence-electron chi connectivity index (χ0n) is 13.5. The summed E-state index contributed by atoms with van der Waals surface area (Å²) in [7, 11) is 2.27. The van der Waals surface area contributed by atoms with Crippen LogP contribution < -0.4 is 0 Å². The number of hydrogen-bond donors (Lipinski definition) is 0. The van der Waals surface area contributed by atoms with E-state index in [2.05, 4.69) is 47.7 Å². The van der Waals surface area contributed by atoms with Crippen LogP contribution in [0.4, 0.5) is 0 Å². The van der Waals surface area contributed by atoms with Gasteiger partial charge in [-0.3, -0.25) is 4.90 Å². The number of nitrogens with zero attached hydrogens (tertiary/aromatic N) is 2. The van der Waals surface area contributed by atoms with E-state index in [-0.39, 0.29) is 0 Å². The lowest BCUT2D eigenvalue weighted by Gasteiger charge is -2.26. The highest BCUT2D eigenvalue weighted by Crippen LogP contribution is 2.23. The van der Waals surface area contributed by atoms with Crippen LogP contribution in [0, 0.1) is 0 Å². The molecule has 3 heteroatoms. The SMILES string of the molecule is CN(Cc1csc(Cc2ccccc2)n1)C1CCCCCC1. The summed E-state index contributed by atoms with van der Waals surface area (Å²) in [5.74, 6) is 0. The van der Waals surface area contributed by atoms with Crippen molar-refractivity contribution in [2.45, 2.75) is 57.5 Å². The number of thiazole rings is 1. The minimum absolute atomic E-state index is 0.752. The second kappa shape index (κ2) is 7.89. The van der Waals surface area contributed by atoms with Crippen LogP contribution in [0.25, 0.3) is 0 Å². The average molecular weight is 314 g/mol. The van der Waals surface area contributed by atoms with Crippen LogP contribution in [0.2, 0.25) is 0 Å². The Hall–Kier alpha value is -1.19. The topological polar surface area (TPSA) is 16.1 Å². The molecule has 0 amide bonds. The van der Waals surface area contributed by atoms with Crippen molar-refractivity contribution in [2.24, 2.45) is 0 Å². The molecule has 0 atom stereocenters. The second-order valence-corrected chi connectivity index (χ2v) is 7.40. The lowest BCUT2D eigenvalue weighted by Crippen LogP contribution is -2.30. The van der Waals surface area contributed by atoms with Crippen LogP contribution in [0.3, 0.4) is 0 Å². The Labute approximate surface area is 138 Å². The summed E-state index contributed by atoms with van der Waals surface area (Å²) in [5, 5.41) is 3.47. The van der Waals surface area contributed by atoms with Crippen LogP contribution >= 0.6 is 11.3 Å². The Morgan fingerprint density at radius 3 is 2.55 bits per heavy atom. The van der Waals surface area contributed by atoms with E-state index >= 15 is 0 Å². The zero-order valence-corrected chi connectivity index (χ0v) is 14.3. The number of benzene rings is 1. The van der Waals surface area contributed by atoms with Crippen molar-refractivity contribution in [1.29, 1.82) is 0 Å². The Balaban J connectivity index is 1.56. The molecule has 1 saturated carbocycles. The van der Waals surface area contributed by atoms with Gasteiger partial charge in [0.1, 0.15) is 0 Å². The van der Waals surface area contributed by atoms with Crippen molar-refractivity contribution in [3.8, 4) is 0 Å². The second-order valence-electron chi connectivity index (χ2n) is 6.46. The van der Waals surface area contributed by atoms with Crippen molar-refractivity contribution >= 4 is 11.3 Å². The van der Waals surface area contributed by atoms with Crippen molar-refractivity contribution in [3.63, 3.8) is 0 Å². The monoisotopic (exact) mass is 314 g/mol. The van der Waals surface area contributed by atoms with E-state index in [9.17, 15) is 0 Å². The largest absolute Gasteiger partial charge is 0.298 e. The van der Waals surface area contributed by atoms with E-state index in [1.165, 1.54) is 54.8 Å². The first-order valence-electron chi connectivity index (χ1n) is 8.49. The van der Waals surface area contributed by atoms with E-state index in [0.29, 0.717) is 0 Å². The Kier molecular flexibility index (Phi) is 5.63. The van der Waals surface area contributed by atoms with Gasteiger partial charge in [0.25, 0.3) is 0 Å². The van der Waals surface area contributed by atoms with E-state index in [0.717, 1.165) is 19.0 Å². The molecule has 2 nitrogen and oxygen atoms in total. The number of hydrogen-bond acceptors (Lipinski definition) is 3. The normalized spacial score (nSPS) is 16.8. The van der Waals surface area contributed by atoms with E-state index in [4.69, 9.17) is 4.98 Å². The molecule has 2 aromatic rings. The fourth-order valence-electron chi connectivity index (χ4n) is 3.36. The minimum Gasteiger partial charge on any atom is -0.298 e. The standard InChI is InChI=1S/C19H26N2S/c1-21(18-11-7-2-3-8-12-18)14-17-15-22-19(20-17)13-16-9-5-4-6-10-16/h4-6,9-10,15,18H,2-3,7-8,11-14H2,1H3. The van der Waals surface area contributed by atoms with Crippen LogP contribution in [0.5, 0.6) is 0 Å². The molecule has 22 heavy (non-hydrogen) atoms. The maximum Gasteiger partial charge on any atom is 0.0972 e. The molecule has 1 aromatic heterocycles. The molecule has 0 aliphatic heterocycles. The highest BCUT2D eigenvalue weighted by molar-refractivity contribution is 7.09. The van der Waals surface area contributed by atoms with Gasteiger partial charge in [-0.2, -0.15) is 0 Å². The highest BCUT2D eigenvalue weighted by Gasteiger charge is 2.17. The summed E-state index contributed by atoms with van der Waals surface area (Å²) in [6.45, 7) is 0.996. The molecule has 3 rings (SSSR count). The van der Waals surface area contributed by atoms with Gasteiger partial charge in [0, 0.05) is 24.4 Å². The zero-order chi connectivity index (χ0) is 15.2. The highest BCUT2D eigenvalue weighted by atomic mass is 32.1. The minimum atomic E-state index is 0.752. The Morgan fingerprint density at radius 1 is 1.09 bits per heavy atom. The molecule has 1 aliphatic carbocycles. The van der Waals surface area contributed by atoms with Crippen molar-refractivity contribution < 1.29 is 0 Å². The van der Waals surface area contributed by atoms with Gasteiger partial charge in [0.15, 0.2) is 0 Å². The van der Waals surface area contributed by atoms with E-state index < -0.39 is 0 Å². The maximum atomic E-state index is 4.84. The molecule has 0 unspecified atom stereocenters. The van der Waals surface area contributed by atoms with Gasteiger partial charge in [-0.1, -0.05) is 56.0 Å². The molecule has 118 valence electrons. The van der Waals surface area contributed by atoms with Crippen LogP contribution in [0.1, 0.15) is 54.8 Å². The molecule has 1 heterocycles. The Morgan fingerprint density at radius 2 is 1.82 bits per heavy atom. The summed E-state index contributed by atoms with van der Waals surface area (Å²) >= 11 is 1.80.